The lowest BCUT2D eigenvalue weighted by Gasteiger charge is -2.34. The van der Waals surface area contributed by atoms with Crippen molar-refractivity contribution in [2.45, 2.75) is 95.6 Å². The van der Waals surface area contributed by atoms with E-state index in [0.717, 1.165) is 12.4 Å². The first-order valence-electron chi connectivity index (χ1n) is 38.6. The van der Waals surface area contributed by atoms with Crippen LogP contribution in [0.2, 0.25) is 0 Å². The lowest BCUT2D eigenvalue weighted by Crippen LogP contribution is -2.50. The van der Waals surface area contributed by atoms with E-state index in [-0.39, 0.29) is 54.2 Å². The molecule has 0 aliphatic heterocycles. The second-order valence-corrected chi connectivity index (χ2v) is 32.0. The van der Waals surface area contributed by atoms with Gasteiger partial charge in [-0.1, -0.05) is 161 Å². The van der Waals surface area contributed by atoms with E-state index in [1.165, 1.54) is 99.6 Å². The molecule has 0 aliphatic carbocycles. The zero-order valence-corrected chi connectivity index (χ0v) is 69.9. The second-order valence-electron chi connectivity index (χ2n) is 29.0. The summed E-state index contributed by atoms with van der Waals surface area (Å²) in [6, 6.07) is 51.8. The minimum absolute atomic E-state index is 0.00954. The van der Waals surface area contributed by atoms with Gasteiger partial charge in [0.05, 0.1) is 94.8 Å². The lowest BCUT2D eigenvalue weighted by molar-refractivity contribution is -0.246. The largest absolute Gasteiger partial charge is 0.476 e. The van der Waals surface area contributed by atoms with Crippen LogP contribution in [0.4, 0.5) is 83.3 Å². The molecule has 47 heteroatoms. The van der Waals surface area contributed by atoms with Gasteiger partial charge in [0.15, 0.2) is 69.2 Å². The van der Waals surface area contributed by atoms with Crippen molar-refractivity contribution in [1.29, 1.82) is 0 Å². The maximum atomic E-state index is 15.0. The number of halogens is 15. The number of hydrogen-bond acceptors (Lipinski definition) is 26. The van der Waals surface area contributed by atoms with Crippen molar-refractivity contribution in [2.24, 2.45) is 0 Å². The molecule has 131 heavy (non-hydrogen) atoms. The molecule has 9 heterocycles. The van der Waals surface area contributed by atoms with Crippen molar-refractivity contribution in [1.82, 2.24) is 74.7 Å². The standard InChI is InChI=1S/C35H30F5N6O5P.C28H24F5N6O5P.C21H17F5N6O2/c1-34(35(38,39)40,51-52(47,49-21-24-10-4-2-5-11-24)50-22-25-12-6-3-7-13-25)23-42-32-28(37)19-41-33(43-32)30-18-31(29-16-17-48-45-29)46(44-30)20-26-14-8-9-15-27(26)36;1-27(28(31,32)33,44-45(40,41)43-16-18-7-3-2-4-8-18)17-35-25-21(30)14-34-26(36-25)23-13-24(22-11-12-42-38-22)39(37-23)15-19-9-5-6-10-20(19)29;1-20(33,21(24,25)26)11-28-18-14(23)9-27-19(29-18)16-8-17(15-6-7-34-31-15)32(30-16)10-12-4-2-3-5-13(12)22/h2-19H,20-23H2,1H3,(H,41,42,43);2-14H,15-17H2,1H3,(H,40,41)(H,34,35,36);2-9,33H,10-11H2,1H3,(H,27,28,29). The normalized spacial score (nSPS) is 13.8. The number of nitrogens with zero attached hydrogens (tertiary/aromatic N) is 15. The average Bonchev–Trinajstić information content (AvgIpc) is 1.30. The number of anilines is 3. The van der Waals surface area contributed by atoms with Crippen molar-refractivity contribution in [3.05, 3.63) is 306 Å². The van der Waals surface area contributed by atoms with E-state index in [1.54, 1.807) is 133 Å². The van der Waals surface area contributed by atoms with E-state index >= 15 is 4.39 Å². The summed E-state index contributed by atoms with van der Waals surface area (Å²) in [5, 5.41) is 41.1. The van der Waals surface area contributed by atoms with Gasteiger partial charge >= 0.3 is 34.2 Å². The topological polar surface area (TPSA) is 366 Å². The molecular weight excluding hydrogens is 1800 g/mol. The highest BCUT2D eigenvalue weighted by molar-refractivity contribution is 7.48. The fourth-order valence-corrected chi connectivity index (χ4v) is 14.3. The summed E-state index contributed by atoms with van der Waals surface area (Å²) in [6.07, 6.45) is -9.14. The van der Waals surface area contributed by atoms with Crippen LogP contribution >= 0.6 is 15.6 Å². The maximum Gasteiger partial charge on any atom is 0.476 e. The number of phosphoric acid groups is 2. The zero-order chi connectivity index (χ0) is 93.5. The Bertz CT molecular complexity index is 6380. The first-order valence-corrected chi connectivity index (χ1v) is 41.5. The number of rotatable bonds is 34. The van der Waals surface area contributed by atoms with Gasteiger partial charge in [0.2, 0.25) is 0 Å². The minimum Gasteiger partial charge on any atom is -0.379 e. The molecule has 0 saturated heterocycles. The minimum atomic E-state index is -5.27. The third kappa shape index (κ3) is 24.3. The van der Waals surface area contributed by atoms with Gasteiger partial charge in [-0.05, 0) is 73.9 Å². The van der Waals surface area contributed by atoms with Crippen molar-refractivity contribution >= 4 is 33.1 Å². The van der Waals surface area contributed by atoms with E-state index in [0.29, 0.717) is 94.5 Å². The summed E-state index contributed by atoms with van der Waals surface area (Å²) in [4.78, 5) is 33.8. The van der Waals surface area contributed by atoms with Crippen molar-refractivity contribution in [2.75, 3.05) is 35.6 Å². The smallest absolute Gasteiger partial charge is 0.379 e. The van der Waals surface area contributed by atoms with Crippen LogP contribution in [0.25, 0.3) is 68.7 Å². The molecule has 0 saturated carbocycles. The molecule has 5 N–H and O–H groups in total. The molecule has 9 aromatic heterocycles. The van der Waals surface area contributed by atoms with Crippen LogP contribution in [0, 0.1) is 34.9 Å². The Hall–Kier alpha value is -13.7. The number of benzene rings is 6. The Balaban J connectivity index is 0.000000171. The fourth-order valence-electron chi connectivity index (χ4n) is 11.8. The number of aliphatic hydroxyl groups is 1. The fraction of sp³-hybridized carbons (Fsp3) is 0.214. The van der Waals surface area contributed by atoms with Gasteiger partial charge in [-0.3, -0.25) is 36.7 Å². The summed E-state index contributed by atoms with van der Waals surface area (Å²) in [5.41, 5.74) is -4.94. The highest BCUT2D eigenvalue weighted by Gasteiger charge is 2.58. The van der Waals surface area contributed by atoms with Crippen LogP contribution < -0.4 is 16.0 Å². The quantitative estimate of drug-likeness (QED) is 0.0185. The van der Waals surface area contributed by atoms with Crippen molar-refractivity contribution < 1.29 is 121 Å². The Labute approximate surface area is 731 Å². The zero-order valence-electron chi connectivity index (χ0n) is 68.1. The van der Waals surface area contributed by atoms with Gasteiger partial charge in [-0.2, -0.15) is 54.8 Å². The molecular formula is C84H71F15N18O12P2. The SMILES string of the molecule is CC(CNc1nc(-c2cc(-c3ccon3)n(Cc3ccccc3F)n2)ncc1F)(OP(=O)(O)OCc1ccccc1)C(F)(F)F.CC(CNc1nc(-c2cc(-c3ccon3)n(Cc3ccccc3F)n2)ncc1F)(OP(=O)(OCc1ccccc1)OCc1ccccc1)C(F)(F)F.CC(O)(CNc1nc(-c2cc(-c3ccon3)n(Cc3ccccc3F)n2)ncc1F)C(F)(F)F. The summed E-state index contributed by atoms with van der Waals surface area (Å²) in [7, 11) is -10.2. The Morgan fingerprint density at radius 2 is 0.672 bits per heavy atom. The predicted octanol–water partition coefficient (Wildman–Crippen LogP) is 19.0. The first kappa shape index (κ1) is 94.9. The molecule has 0 spiro atoms. The second kappa shape index (κ2) is 40.6. The molecule has 0 radical (unpaired) electrons. The molecule has 0 bridgehead atoms. The van der Waals surface area contributed by atoms with Crippen LogP contribution in [-0.4, -0.2) is 140 Å². The van der Waals surface area contributed by atoms with E-state index < -0.39 is 143 Å². The number of nitrogens with one attached hydrogen (secondary N) is 3. The van der Waals surface area contributed by atoms with Crippen molar-refractivity contribution in [3.63, 3.8) is 0 Å². The van der Waals surface area contributed by atoms with Gasteiger partial charge in [0.25, 0.3) is 0 Å². The molecule has 4 unspecified atom stereocenters. The van der Waals surface area contributed by atoms with Crippen LogP contribution in [-0.2, 0) is 71.2 Å². The van der Waals surface area contributed by atoms with Crippen LogP contribution in [0.1, 0.15) is 54.2 Å². The average molecular weight is 1870 g/mol. The number of hydrogen-bond donors (Lipinski definition) is 5. The van der Waals surface area contributed by atoms with E-state index in [1.807, 2.05) is 0 Å². The number of phosphoric ester groups is 2. The summed E-state index contributed by atoms with van der Waals surface area (Å²) < 4.78 is 283. The van der Waals surface area contributed by atoms with E-state index in [4.69, 9.17) is 31.7 Å². The first-order chi connectivity index (χ1) is 62.3. The van der Waals surface area contributed by atoms with Gasteiger partial charge < -0.3 is 39.5 Å². The van der Waals surface area contributed by atoms with Crippen LogP contribution in [0.15, 0.2) is 251 Å². The van der Waals surface area contributed by atoms with E-state index in [2.05, 4.69) is 81.1 Å². The third-order valence-electron chi connectivity index (χ3n) is 19.1. The molecule has 684 valence electrons. The van der Waals surface area contributed by atoms with Gasteiger partial charge in [-0.15, -0.1) is 0 Å². The summed E-state index contributed by atoms with van der Waals surface area (Å²) in [5.74, 6) is -7.04. The molecule has 0 aliphatic rings. The maximum absolute atomic E-state index is 15.0. The predicted molar refractivity (Wildman–Crippen MR) is 437 cm³/mol. The molecule has 0 fully saturated rings. The Morgan fingerprint density at radius 3 is 0.969 bits per heavy atom. The van der Waals surface area contributed by atoms with Crippen LogP contribution in [0.3, 0.4) is 0 Å². The molecule has 4 atom stereocenters. The van der Waals surface area contributed by atoms with Crippen molar-refractivity contribution in [3.8, 4) is 68.7 Å². The number of aromatic nitrogens is 15. The summed E-state index contributed by atoms with van der Waals surface area (Å²) >= 11 is 0. The molecule has 15 rings (SSSR count). The van der Waals surface area contributed by atoms with Gasteiger partial charge in [0.1, 0.15) is 70.4 Å². The molecule has 0 amide bonds. The molecule has 6 aromatic carbocycles. The van der Waals surface area contributed by atoms with Gasteiger partial charge in [-0.25, -0.2) is 65.4 Å². The Kier molecular flexibility index (Phi) is 29.4. The lowest BCUT2D eigenvalue weighted by atomic mass is 10.1. The highest BCUT2D eigenvalue weighted by Crippen LogP contribution is 2.57. The molecule has 15 aromatic rings. The van der Waals surface area contributed by atoms with Crippen LogP contribution in [0.5, 0.6) is 0 Å². The summed E-state index contributed by atoms with van der Waals surface area (Å²) in [6.45, 7) is -3.15. The van der Waals surface area contributed by atoms with Gasteiger partial charge in [0, 0.05) is 34.9 Å². The number of alkyl halides is 9. The third-order valence-corrected chi connectivity index (χ3v) is 21.7. The Morgan fingerprint density at radius 1 is 0.374 bits per heavy atom. The molecule has 30 nitrogen and oxygen atoms in total. The van der Waals surface area contributed by atoms with E-state index in [9.17, 15) is 80.6 Å². The highest BCUT2D eigenvalue weighted by atomic mass is 31.2. The monoisotopic (exact) mass is 1870 g/mol.